The number of hydrogen-bond donors (Lipinski definition) is 1. The molecule has 1 aliphatic rings. The zero-order chi connectivity index (χ0) is 21.3. The highest BCUT2D eigenvalue weighted by Crippen LogP contribution is 2.39. The second-order valence-corrected chi connectivity index (χ2v) is 8.64. The molecule has 1 N–H and O–H groups in total. The summed E-state index contributed by atoms with van der Waals surface area (Å²) in [5.74, 6) is -0.580. The molecule has 3 rings (SSSR count). The number of alkyl halides is 3. The number of ketones is 1. The van der Waals surface area contributed by atoms with Crippen molar-refractivity contribution in [3.8, 4) is 0 Å². The van der Waals surface area contributed by atoms with Crippen molar-refractivity contribution in [2.75, 3.05) is 5.32 Å². The molecule has 1 aliphatic carbocycles. The van der Waals surface area contributed by atoms with Crippen molar-refractivity contribution in [2.45, 2.75) is 62.8 Å². The van der Waals surface area contributed by atoms with E-state index >= 15 is 0 Å². The predicted molar refractivity (Wildman–Crippen MR) is 106 cm³/mol. The van der Waals surface area contributed by atoms with Crippen LogP contribution in [0, 0.1) is 6.92 Å². The zero-order valence-corrected chi connectivity index (χ0v) is 17.2. The molecular weight excluding hydrogens is 403 g/mol. The second-order valence-electron chi connectivity index (χ2n) is 7.13. The van der Waals surface area contributed by atoms with Crippen LogP contribution in [-0.4, -0.2) is 16.9 Å². The summed E-state index contributed by atoms with van der Waals surface area (Å²) in [5.41, 5.74) is -0.488. The minimum Gasteiger partial charge on any atom is -0.455 e. The van der Waals surface area contributed by atoms with Crippen LogP contribution in [0.3, 0.4) is 0 Å². The Morgan fingerprint density at radius 2 is 2.03 bits per heavy atom. The summed E-state index contributed by atoms with van der Waals surface area (Å²) < 4.78 is 46.3. The summed E-state index contributed by atoms with van der Waals surface area (Å²) in [5, 5.41) is 2.49. The average Bonchev–Trinajstić information content (AvgIpc) is 3.00. The number of thioether (sulfide) groups is 1. The molecule has 156 valence electrons. The van der Waals surface area contributed by atoms with E-state index in [1.807, 2.05) is 13.8 Å². The summed E-state index contributed by atoms with van der Waals surface area (Å²) in [6, 6.07) is 3.87. The number of halogens is 3. The molecule has 1 amide bonds. The van der Waals surface area contributed by atoms with Crippen LogP contribution >= 0.6 is 11.8 Å². The number of aryl methyl sites for hydroxylation is 1. The largest absolute Gasteiger partial charge is 0.455 e. The highest BCUT2D eigenvalue weighted by atomic mass is 32.2. The number of carbonyl (C=O) groups excluding carboxylic acids is 2. The second kappa shape index (κ2) is 8.26. The number of nitrogens with one attached hydrogen (secondary N) is 1. The third-order valence-electron chi connectivity index (χ3n) is 4.97. The van der Waals surface area contributed by atoms with Gasteiger partial charge in [0, 0.05) is 28.6 Å². The molecule has 1 unspecified atom stereocenters. The first kappa shape index (κ1) is 21.5. The lowest BCUT2D eigenvalue weighted by Crippen LogP contribution is -2.17. The molecule has 1 atom stereocenters. The molecule has 0 bridgehead atoms. The Bertz CT molecular complexity index is 949. The first-order valence-electron chi connectivity index (χ1n) is 9.46. The molecule has 0 fully saturated rings. The third kappa shape index (κ3) is 4.52. The van der Waals surface area contributed by atoms with Gasteiger partial charge in [-0.25, -0.2) is 0 Å². The van der Waals surface area contributed by atoms with E-state index in [9.17, 15) is 22.8 Å². The van der Waals surface area contributed by atoms with Crippen molar-refractivity contribution in [1.82, 2.24) is 0 Å². The molecule has 1 aromatic heterocycles. The molecule has 0 spiro atoms. The number of Topliss-reactive ketones (excluding diaryl/α,β-unsaturated/α-hetero) is 1. The normalized spacial score (nSPS) is 15.2. The summed E-state index contributed by atoms with van der Waals surface area (Å²) in [4.78, 5) is 25.2. The van der Waals surface area contributed by atoms with Crippen LogP contribution in [0.2, 0.25) is 0 Å². The van der Waals surface area contributed by atoms with E-state index in [0.29, 0.717) is 41.0 Å². The number of hydrogen-bond acceptors (Lipinski definition) is 4. The van der Waals surface area contributed by atoms with Crippen LogP contribution in [0.5, 0.6) is 0 Å². The maximum Gasteiger partial charge on any atom is 0.418 e. The molecule has 29 heavy (non-hydrogen) atoms. The fourth-order valence-corrected chi connectivity index (χ4v) is 4.26. The first-order chi connectivity index (χ1) is 13.6. The van der Waals surface area contributed by atoms with E-state index in [-0.39, 0.29) is 22.5 Å². The maximum atomic E-state index is 13.6. The Labute approximate surface area is 171 Å². The van der Waals surface area contributed by atoms with E-state index < -0.39 is 17.6 Å². The van der Waals surface area contributed by atoms with Crippen molar-refractivity contribution < 1.29 is 27.2 Å². The predicted octanol–water partition coefficient (Wildman–Crippen LogP) is 6.27. The third-order valence-corrected chi connectivity index (χ3v) is 6.23. The van der Waals surface area contributed by atoms with Crippen LogP contribution in [0.15, 0.2) is 27.5 Å². The standard InChI is InChI=1S/C21H22F3NO3S/c1-4-11(2)29-13-8-9-15(14(10-13)21(22,23)24)25-20(27)19-12(3)18-16(26)6-5-7-17(18)28-19/h8-11H,4-7H2,1-3H3,(H,25,27). The minimum absolute atomic E-state index is 0.103. The van der Waals surface area contributed by atoms with Crippen molar-refractivity contribution in [2.24, 2.45) is 0 Å². The van der Waals surface area contributed by atoms with Crippen LogP contribution in [-0.2, 0) is 12.6 Å². The van der Waals surface area contributed by atoms with Gasteiger partial charge in [0.25, 0.3) is 5.91 Å². The molecule has 0 aliphatic heterocycles. The smallest absolute Gasteiger partial charge is 0.418 e. The van der Waals surface area contributed by atoms with E-state index in [0.717, 1.165) is 12.5 Å². The number of fused-ring (bicyclic) bond motifs is 1. The Morgan fingerprint density at radius 1 is 1.31 bits per heavy atom. The fraction of sp³-hybridized carbons (Fsp3) is 0.429. The monoisotopic (exact) mass is 425 g/mol. The molecule has 2 aromatic rings. The van der Waals surface area contributed by atoms with Gasteiger partial charge in [-0.2, -0.15) is 13.2 Å². The van der Waals surface area contributed by atoms with Crippen molar-refractivity contribution >= 4 is 29.1 Å². The number of benzene rings is 1. The van der Waals surface area contributed by atoms with Crippen LogP contribution < -0.4 is 5.32 Å². The molecule has 0 radical (unpaired) electrons. The summed E-state index contributed by atoms with van der Waals surface area (Å²) in [6.07, 6.45) is -2.26. The number of anilines is 1. The first-order valence-corrected chi connectivity index (χ1v) is 10.3. The minimum atomic E-state index is -4.62. The topological polar surface area (TPSA) is 59.3 Å². The van der Waals surface area contributed by atoms with Gasteiger partial charge in [0.15, 0.2) is 11.5 Å². The van der Waals surface area contributed by atoms with Gasteiger partial charge in [-0.1, -0.05) is 13.8 Å². The van der Waals surface area contributed by atoms with E-state index in [4.69, 9.17) is 4.42 Å². The zero-order valence-electron chi connectivity index (χ0n) is 16.4. The van der Waals surface area contributed by atoms with Gasteiger partial charge in [0.05, 0.1) is 16.8 Å². The van der Waals surface area contributed by atoms with Crippen LogP contribution in [0.25, 0.3) is 0 Å². The lowest BCUT2D eigenvalue weighted by atomic mass is 9.94. The van der Waals surface area contributed by atoms with E-state index in [1.54, 1.807) is 13.0 Å². The van der Waals surface area contributed by atoms with Gasteiger partial charge in [-0.3, -0.25) is 9.59 Å². The van der Waals surface area contributed by atoms with Gasteiger partial charge in [-0.05, 0) is 38.0 Å². The Hall–Kier alpha value is -2.22. The number of carbonyl (C=O) groups is 2. The lowest BCUT2D eigenvalue weighted by molar-refractivity contribution is -0.137. The molecule has 8 heteroatoms. The molecule has 4 nitrogen and oxygen atoms in total. The number of furan rings is 1. The maximum absolute atomic E-state index is 13.6. The van der Waals surface area contributed by atoms with Crippen LogP contribution in [0.1, 0.15) is 70.9 Å². The Balaban J connectivity index is 1.91. The lowest BCUT2D eigenvalue weighted by Gasteiger charge is -2.16. The number of rotatable bonds is 5. The Kier molecular flexibility index (Phi) is 6.12. The van der Waals surface area contributed by atoms with Gasteiger partial charge in [0.2, 0.25) is 0 Å². The van der Waals surface area contributed by atoms with Gasteiger partial charge in [0.1, 0.15) is 5.76 Å². The molecular formula is C21H22F3NO3S. The average molecular weight is 425 g/mol. The van der Waals surface area contributed by atoms with Gasteiger partial charge >= 0.3 is 6.18 Å². The van der Waals surface area contributed by atoms with Crippen LogP contribution in [0.4, 0.5) is 18.9 Å². The summed E-state index contributed by atoms with van der Waals surface area (Å²) >= 11 is 1.35. The van der Waals surface area contributed by atoms with Gasteiger partial charge in [-0.15, -0.1) is 11.8 Å². The SMILES string of the molecule is CCC(C)Sc1ccc(NC(=O)c2oc3c(c2C)C(=O)CCC3)c(C(F)(F)F)c1. The molecule has 1 heterocycles. The quantitative estimate of drug-likeness (QED) is 0.574. The fourth-order valence-electron chi connectivity index (χ4n) is 3.30. The Morgan fingerprint density at radius 3 is 2.66 bits per heavy atom. The summed E-state index contributed by atoms with van der Waals surface area (Å²) in [6.45, 7) is 5.49. The highest BCUT2D eigenvalue weighted by Gasteiger charge is 2.35. The van der Waals surface area contributed by atoms with E-state index in [2.05, 4.69) is 5.32 Å². The van der Waals surface area contributed by atoms with E-state index in [1.165, 1.54) is 17.8 Å². The molecule has 0 saturated heterocycles. The van der Waals surface area contributed by atoms with Crippen molar-refractivity contribution in [3.63, 3.8) is 0 Å². The summed E-state index contributed by atoms with van der Waals surface area (Å²) in [7, 11) is 0. The number of amides is 1. The highest BCUT2D eigenvalue weighted by molar-refractivity contribution is 7.99. The molecule has 0 saturated carbocycles. The van der Waals surface area contributed by atoms with Crippen molar-refractivity contribution in [3.05, 3.63) is 46.4 Å². The van der Waals surface area contributed by atoms with Crippen molar-refractivity contribution in [1.29, 1.82) is 0 Å². The molecule has 1 aromatic carbocycles. The van der Waals surface area contributed by atoms with Gasteiger partial charge < -0.3 is 9.73 Å².